The Balaban J connectivity index is 2.12. The molecule has 2 N–H and O–H groups in total. The van der Waals surface area contributed by atoms with E-state index >= 15 is 0 Å². The highest BCUT2D eigenvalue weighted by molar-refractivity contribution is 7.10. The lowest BCUT2D eigenvalue weighted by atomic mass is 10.3. The SMILES string of the molecule is NC(=O)C(=O)N(Cc1cccs1)Cc1cccs1. The standard InChI is InChI=1S/C12H12N2O2S2/c13-11(15)12(16)14(7-9-3-1-5-17-9)8-10-4-2-6-18-10/h1-6H,7-8H2,(H2,13,15). The van der Waals surface area contributed by atoms with E-state index in [2.05, 4.69) is 0 Å². The summed E-state index contributed by atoms with van der Waals surface area (Å²) < 4.78 is 0. The van der Waals surface area contributed by atoms with Gasteiger partial charge >= 0.3 is 11.8 Å². The molecule has 0 bridgehead atoms. The van der Waals surface area contributed by atoms with Crippen LogP contribution in [0.5, 0.6) is 0 Å². The van der Waals surface area contributed by atoms with Crippen LogP contribution in [0, 0.1) is 0 Å². The first-order valence-electron chi connectivity index (χ1n) is 5.30. The molecule has 0 aliphatic carbocycles. The van der Waals surface area contributed by atoms with Gasteiger partial charge in [-0.3, -0.25) is 9.59 Å². The molecule has 2 aromatic rings. The van der Waals surface area contributed by atoms with Crippen molar-refractivity contribution in [2.45, 2.75) is 13.1 Å². The Morgan fingerprint density at radius 3 is 1.89 bits per heavy atom. The van der Waals surface area contributed by atoms with Gasteiger partial charge in [-0.05, 0) is 22.9 Å². The summed E-state index contributed by atoms with van der Waals surface area (Å²) in [6.07, 6.45) is 0. The second-order valence-electron chi connectivity index (χ2n) is 3.68. The van der Waals surface area contributed by atoms with Gasteiger partial charge in [-0.15, -0.1) is 22.7 Å². The van der Waals surface area contributed by atoms with Crippen molar-refractivity contribution < 1.29 is 9.59 Å². The summed E-state index contributed by atoms with van der Waals surface area (Å²) in [5.74, 6) is -1.56. The van der Waals surface area contributed by atoms with Crippen molar-refractivity contribution in [1.82, 2.24) is 4.90 Å². The van der Waals surface area contributed by atoms with Crippen LogP contribution in [0.15, 0.2) is 35.0 Å². The lowest BCUT2D eigenvalue weighted by molar-refractivity contribution is -0.145. The van der Waals surface area contributed by atoms with Gasteiger partial charge in [0, 0.05) is 9.75 Å². The molecule has 0 saturated heterocycles. The maximum atomic E-state index is 11.8. The second-order valence-corrected chi connectivity index (χ2v) is 5.75. The fourth-order valence-electron chi connectivity index (χ4n) is 1.54. The summed E-state index contributed by atoms with van der Waals surface area (Å²) in [5.41, 5.74) is 5.07. The Kier molecular flexibility index (Phi) is 4.11. The predicted octanol–water partition coefficient (Wildman–Crippen LogP) is 1.82. The van der Waals surface area contributed by atoms with Gasteiger partial charge in [-0.25, -0.2) is 0 Å². The zero-order valence-electron chi connectivity index (χ0n) is 9.54. The zero-order chi connectivity index (χ0) is 13.0. The molecule has 2 aromatic heterocycles. The molecular formula is C12H12N2O2S2. The van der Waals surface area contributed by atoms with Gasteiger partial charge in [0.05, 0.1) is 13.1 Å². The number of hydrogen-bond donors (Lipinski definition) is 1. The lowest BCUT2D eigenvalue weighted by Crippen LogP contribution is -2.39. The maximum Gasteiger partial charge on any atom is 0.312 e. The highest BCUT2D eigenvalue weighted by Crippen LogP contribution is 2.17. The normalized spacial score (nSPS) is 10.2. The van der Waals surface area contributed by atoms with Crippen LogP contribution in [0.3, 0.4) is 0 Å². The van der Waals surface area contributed by atoms with Gasteiger partial charge in [-0.2, -0.15) is 0 Å². The van der Waals surface area contributed by atoms with E-state index in [1.54, 1.807) is 22.7 Å². The lowest BCUT2D eigenvalue weighted by Gasteiger charge is -2.19. The van der Waals surface area contributed by atoms with Crippen molar-refractivity contribution in [2.75, 3.05) is 0 Å². The average Bonchev–Trinajstić information content (AvgIpc) is 2.99. The van der Waals surface area contributed by atoms with Crippen LogP contribution in [-0.4, -0.2) is 16.7 Å². The predicted molar refractivity (Wildman–Crippen MR) is 72.1 cm³/mol. The summed E-state index contributed by atoms with van der Waals surface area (Å²) in [6.45, 7) is 0.828. The number of nitrogens with zero attached hydrogens (tertiary/aromatic N) is 1. The fourth-order valence-corrected chi connectivity index (χ4v) is 2.98. The number of carbonyl (C=O) groups is 2. The molecule has 6 heteroatoms. The van der Waals surface area contributed by atoms with Gasteiger partial charge in [0.25, 0.3) is 0 Å². The topological polar surface area (TPSA) is 63.4 Å². The maximum absolute atomic E-state index is 11.8. The Morgan fingerprint density at radius 2 is 1.56 bits per heavy atom. The third-order valence-corrected chi connectivity index (χ3v) is 4.07. The molecule has 2 rings (SSSR count). The molecule has 0 fully saturated rings. The highest BCUT2D eigenvalue weighted by Gasteiger charge is 2.20. The van der Waals surface area contributed by atoms with Gasteiger partial charge in [-0.1, -0.05) is 12.1 Å². The van der Waals surface area contributed by atoms with Crippen molar-refractivity contribution in [3.05, 3.63) is 44.8 Å². The number of amides is 2. The number of nitrogens with two attached hydrogens (primary N) is 1. The first-order valence-corrected chi connectivity index (χ1v) is 7.06. The summed E-state index contributed by atoms with van der Waals surface area (Å²) >= 11 is 3.10. The Hall–Kier alpha value is -1.66. The smallest absolute Gasteiger partial charge is 0.312 e. The summed E-state index contributed by atoms with van der Waals surface area (Å²) in [5, 5.41) is 3.88. The largest absolute Gasteiger partial charge is 0.361 e. The first-order chi connectivity index (χ1) is 8.66. The third-order valence-electron chi connectivity index (χ3n) is 2.35. The minimum atomic E-state index is -0.914. The molecule has 0 radical (unpaired) electrons. The van der Waals surface area contributed by atoms with Gasteiger partial charge in [0.15, 0.2) is 0 Å². The molecular weight excluding hydrogens is 268 g/mol. The van der Waals surface area contributed by atoms with Gasteiger partial charge < -0.3 is 10.6 Å². The highest BCUT2D eigenvalue weighted by atomic mass is 32.1. The van der Waals surface area contributed by atoms with Crippen LogP contribution in [0.1, 0.15) is 9.75 Å². The molecule has 0 spiro atoms. The summed E-state index contributed by atoms with van der Waals surface area (Å²) in [7, 11) is 0. The van der Waals surface area contributed by atoms with Crippen molar-refractivity contribution >= 4 is 34.5 Å². The van der Waals surface area contributed by atoms with Crippen molar-refractivity contribution in [1.29, 1.82) is 0 Å². The van der Waals surface area contributed by atoms with E-state index in [4.69, 9.17) is 5.73 Å². The van der Waals surface area contributed by atoms with E-state index in [-0.39, 0.29) is 0 Å². The first kappa shape index (κ1) is 12.8. The number of carbonyl (C=O) groups excluding carboxylic acids is 2. The van der Waals surface area contributed by atoms with E-state index < -0.39 is 11.8 Å². The van der Waals surface area contributed by atoms with Crippen LogP contribution in [-0.2, 0) is 22.7 Å². The third kappa shape index (κ3) is 3.18. The molecule has 0 saturated carbocycles. The van der Waals surface area contributed by atoms with Gasteiger partial charge in [0.1, 0.15) is 0 Å². The number of hydrogen-bond acceptors (Lipinski definition) is 4. The van der Waals surface area contributed by atoms with E-state index in [0.29, 0.717) is 13.1 Å². The van der Waals surface area contributed by atoms with Crippen LogP contribution in [0.2, 0.25) is 0 Å². The summed E-state index contributed by atoms with van der Waals surface area (Å²) in [6, 6.07) is 7.69. The second kappa shape index (κ2) is 5.79. The summed E-state index contributed by atoms with van der Waals surface area (Å²) in [4.78, 5) is 26.3. The molecule has 0 atom stereocenters. The van der Waals surface area contributed by atoms with E-state index in [0.717, 1.165) is 9.75 Å². The molecule has 94 valence electrons. The molecule has 0 aromatic carbocycles. The fraction of sp³-hybridized carbons (Fsp3) is 0.167. The van der Waals surface area contributed by atoms with Crippen molar-refractivity contribution in [3.8, 4) is 0 Å². The zero-order valence-corrected chi connectivity index (χ0v) is 11.2. The van der Waals surface area contributed by atoms with Gasteiger partial charge in [0.2, 0.25) is 0 Å². The Bertz CT molecular complexity index is 484. The average molecular weight is 280 g/mol. The number of primary amides is 1. The van der Waals surface area contributed by atoms with E-state index in [1.165, 1.54) is 4.90 Å². The van der Waals surface area contributed by atoms with Crippen molar-refractivity contribution in [3.63, 3.8) is 0 Å². The monoisotopic (exact) mass is 280 g/mol. The van der Waals surface area contributed by atoms with Crippen LogP contribution in [0.25, 0.3) is 0 Å². The molecule has 18 heavy (non-hydrogen) atoms. The minimum Gasteiger partial charge on any atom is -0.361 e. The molecule has 2 amide bonds. The van der Waals surface area contributed by atoms with Crippen LogP contribution < -0.4 is 5.73 Å². The number of thiophene rings is 2. The molecule has 0 aliphatic rings. The quantitative estimate of drug-likeness (QED) is 0.868. The number of rotatable bonds is 4. The molecule has 4 nitrogen and oxygen atoms in total. The molecule has 0 aliphatic heterocycles. The Morgan fingerprint density at radius 1 is 1.06 bits per heavy atom. The van der Waals surface area contributed by atoms with E-state index in [1.807, 2.05) is 35.0 Å². The van der Waals surface area contributed by atoms with E-state index in [9.17, 15) is 9.59 Å². The molecule has 2 heterocycles. The molecule has 0 unspecified atom stereocenters. The Labute approximate surface area is 113 Å². The minimum absolute atomic E-state index is 0.414. The van der Waals surface area contributed by atoms with Crippen molar-refractivity contribution in [2.24, 2.45) is 5.73 Å². The van der Waals surface area contributed by atoms with Crippen LogP contribution >= 0.6 is 22.7 Å². The van der Waals surface area contributed by atoms with Crippen LogP contribution in [0.4, 0.5) is 0 Å².